The number of morpholine rings is 1. The summed E-state index contributed by atoms with van der Waals surface area (Å²) in [6.07, 6.45) is 2.04. The highest BCUT2D eigenvalue weighted by Gasteiger charge is 2.29. The van der Waals surface area contributed by atoms with Crippen molar-refractivity contribution in [1.82, 2.24) is 30.0 Å². The van der Waals surface area contributed by atoms with Gasteiger partial charge in [-0.2, -0.15) is 0 Å². The molecule has 4 heterocycles. The number of hydrogen-bond acceptors (Lipinski definition) is 8. The van der Waals surface area contributed by atoms with Crippen molar-refractivity contribution >= 4 is 23.0 Å². The molecule has 2 fully saturated rings. The van der Waals surface area contributed by atoms with Crippen molar-refractivity contribution in [2.45, 2.75) is 32.4 Å². The van der Waals surface area contributed by atoms with Crippen LogP contribution in [0.15, 0.2) is 17.5 Å². The summed E-state index contributed by atoms with van der Waals surface area (Å²) < 4.78 is 7.08. The van der Waals surface area contributed by atoms with Crippen molar-refractivity contribution in [2.75, 3.05) is 39.4 Å². The van der Waals surface area contributed by atoms with E-state index in [1.54, 1.807) is 4.68 Å². The Hall–Kier alpha value is -2.17. The Morgan fingerprint density at radius 3 is 2.90 bits per heavy atom. The predicted octanol–water partition coefficient (Wildman–Crippen LogP) is 1.08. The summed E-state index contributed by atoms with van der Waals surface area (Å²) in [4.78, 5) is 30.3. The summed E-state index contributed by atoms with van der Waals surface area (Å²) in [5.41, 5.74) is 0. The second kappa shape index (κ2) is 9.55. The maximum atomic E-state index is 12.8. The number of thiophene rings is 1. The van der Waals surface area contributed by atoms with Gasteiger partial charge in [-0.1, -0.05) is 6.07 Å². The van der Waals surface area contributed by atoms with Crippen molar-refractivity contribution in [1.29, 1.82) is 0 Å². The molecule has 4 rings (SSSR count). The van der Waals surface area contributed by atoms with E-state index in [-0.39, 0.29) is 17.6 Å². The molecule has 0 N–H and O–H groups in total. The molecule has 2 aromatic heterocycles. The molecule has 2 aliphatic heterocycles. The van der Waals surface area contributed by atoms with Crippen LogP contribution in [0.25, 0.3) is 0 Å². The average molecular weight is 419 g/mol. The third kappa shape index (κ3) is 5.06. The molecule has 1 amide bonds. The first-order valence-corrected chi connectivity index (χ1v) is 11.0. The van der Waals surface area contributed by atoms with Gasteiger partial charge in [0.2, 0.25) is 5.91 Å². The van der Waals surface area contributed by atoms with Gasteiger partial charge < -0.3 is 9.64 Å². The van der Waals surface area contributed by atoms with E-state index in [0.717, 1.165) is 49.8 Å². The number of piperidine rings is 1. The van der Waals surface area contributed by atoms with Gasteiger partial charge in [0.05, 0.1) is 31.2 Å². The molecular formula is C19H26N6O3S. The second-order valence-corrected chi connectivity index (χ2v) is 8.42. The fourth-order valence-electron chi connectivity index (χ4n) is 3.87. The van der Waals surface area contributed by atoms with Gasteiger partial charge in [0.15, 0.2) is 11.6 Å². The van der Waals surface area contributed by atoms with Crippen LogP contribution < -0.4 is 0 Å². The summed E-state index contributed by atoms with van der Waals surface area (Å²) in [6.45, 7) is 5.49. The number of Topliss-reactive ketones (excluding diaryl/α,β-unsaturated/α-hetero) is 1. The average Bonchev–Trinajstić information content (AvgIpc) is 3.45. The number of nitrogens with zero attached hydrogens (tertiary/aromatic N) is 6. The maximum absolute atomic E-state index is 12.8. The first-order chi connectivity index (χ1) is 14.2. The summed E-state index contributed by atoms with van der Waals surface area (Å²) in [6, 6.07) is 3.76. The smallest absolute Gasteiger partial charge is 0.224 e. The van der Waals surface area contributed by atoms with Crippen molar-refractivity contribution in [3.63, 3.8) is 0 Å². The van der Waals surface area contributed by atoms with Crippen molar-refractivity contribution < 1.29 is 14.3 Å². The zero-order valence-corrected chi connectivity index (χ0v) is 17.2. The van der Waals surface area contributed by atoms with Gasteiger partial charge in [0.1, 0.15) is 0 Å². The zero-order valence-electron chi connectivity index (χ0n) is 16.4. The molecule has 2 aromatic rings. The number of hydrogen-bond donors (Lipinski definition) is 0. The molecule has 0 saturated carbocycles. The van der Waals surface area contributed by atoms with Gasteiger partial charge in [-0.25, -0.2) is 4.68 Å². The second-order valence-electron chi connectivity index (χ2n) is 7.48. The molecule has 2 saturated heterocycles. The van der Waals surface area contributed by atoms with Crippen LogP contribution in [0.2, 0.25) is 0 Å². The summed E-state index contributed by atoms with van der Waals surface area (Å²) in [5.74, 6) is 0.882. The van der Waals surface area contributed by atoms with Crippen LogP contribution in [-0.2, 0) is 22.6 Å². The van der Waals surface area contributed by atoms with E-state index in [4.69, 9.17) is 4.74 Å². The monoisotopic (exact) mass is 418 g/mol. The van der Waals surface area contributed by atoms with E-state index in [1.165, 1.54) is 11.3 Å². The molecule has 0 aromatic carbocycles. The van der Waals surface area contributed by atoms with Crippen LogP contribution in [0.4, 0.5) is 0 Å². The highest BCUT2D eigenvalue weighted by Crippen LogP contribution is 2.23. The SMILES string of the molecule is O=C(c1cccs1)[C@@H]1CCCN(C(=O)CCn2nnnc2CN2CCOCC2)C1. The number of rotatable bonds is 7. The van der Waals surface area contributed by atoms with Crippen LogP contribution in [0.3, 0.4) is 0 Å². The number of ether oxygens (including phenoxy) is 1. The first kappa shape index (κ1) is 20.1. The highest BCUT2D eigenvalue weighted by molar-refractivity contribution is 7.12. The van der Waals surface area contributed by atoms with E-state index >= 15 is 0 Å². The molecule has 10 heteroatoms. The molecule has 0 radical (unpaired) electrons. The lowest BCUT2D eigenvalue weighted by Gasteiger charge is -2.32. The van der Waals surface area contributed by atoms with Gasteiger partial charge in [-0.15, -0.1) is 16.4 Å². The molecule has 1 atom stereocenters. The number of carbonyl (C=O) groups is 2. The summed E-state index contributed by atoms with van der Waals surface area (Å²) in [5, 5.41) is 13.9. The minimum absolute atomic E-state index is 0.0569. The number of carbonyl (C=O) groups excluding carboxylic acids is 2. The normalized spacial score (nSPS) is 20.7. The van der Waals surface area contributed by atoms with Crippen LogP contribution in [0.5, 0.6) is 0 Å². The molecule has 156 valence electrons. The Bertz CT molecular complexity index is 818. The molecular weight excluding hydrogens is 392 g/mol. The van der Waals surface area contributed by atoms with Crippen LogP contribution in [0.1, 0.15) is 34.8 Å². The highest BCUT2D eigenvalue weighted by atomic mass is 32.1. The Morgan fingerprint density at radius 1 is 1.24 bits per heavy atom. The quantitative estimate of drug-likeness (QED) is 0.621. The predicted molar refractivity (Wildman–Crippen MR) is 106 cm³/mol. The molecule has 0 aliphatic carbocycles. The van der Waals surface area contributed by atoms with E-state index in [0.29, 0.717) is 32.6 Å². The number of aromatic nitrogens is 4. The maximum Gasteiger partial charge on any atom is 0.224 e. The Kier molecular flexibility index (Phi) is 6.63. The zero-order chi connectivity index (χ0) is 20.1. The van der Waals surface area contributed by atoms with E-state index in [2.05, 4.69) is 20.4 Å². The number of aryl methyl sites for hydroxylation is 1. The lowest BCUT2D eigenvalue weighted by molar-refractivity contribution is -0.132. The van der Waals surface area contributed by atoms with Gasteiger partial charge in [-0.3, -0.25) is 14.5 Å². The van der Waals surface area contributed by atoms with Crippen LogP contribution in [-0.4, -0.2) is 81.1 Å². The number of likely N-dealkylation sites (tertiary alicyclic amines) is 1. The number of ketones is 1. The largest absolute Gasteiger partial charge is 0.379 e. The summed E-state index contributed by atoms with van der Waals surface area (Å²) in [7, 11) is 0. The van der Waals surface area contributed by atoms with Gasteiger partial charge in [-0.05, 0) is 34.7 Å². The van der Waals surface area contributed by atoms with Gasteiger partial charge >= 0.3 is 0 Å². The van der Waals surface area contributed by atoms with Gasteiger partial charge in [0, 0.05) is 38.5 Å². The molecule has 29 heavy (non-hydrogen) atoms. The Morgan fingerprint density at radius 2 is 2.10 bits per heavy atom. The lowest BCUT2D eigenvalue weighted by atomic mass is 9.93. The fourth-order valence-corrected chi connectivity index (χ4v) is 4.61. The molecule has 0 unspecified atom stereocenters. The third-order valence-electron chi connectivity index (χ3n) is 5.52. The standard InChI is InChI=1S/C19H26N6O3S/c26-18(24-6-1-3-15(13-24)19(27)16-4-2-12-29-16)5-7-25-17(20-21-22-25)14-23-8-10-28-11-9-23/h2,4,12,15H,1,3,5-11,13-14H2/t15-/m1/s1. The molecule has 0 spiro atoms. The minimum Gasteiger partial charge on any atom is -0.379 e. The van der Waals surface area contributed by atoms with Crippen LogP contribution in [0, 0.1) is 5.92 Å². The molecule has 9 nitrogen and oxygen atoms in total. The molecule has 0 bridgehead atoms. The first-order valence-electron chi connectivity index (χ1n) is 10.1. The fraction of sp³-hybridized carbons (Fsp3) is 0.632. The minimum atomic E-state index is -0.101. The van der Waals surface area contributed by atoms with E-state index < -0.39 is 0 Å². The molecule has 2 aliphatic rings. The third-order valence-corrected chi connectivity index (χ3v) is 6.41. The Balaban J connectivity index is 1.29. The topological polar surface area (TPSA) is 93.5 Å². The lowest BCUT2D eigenvalue weighted by Crippen LogP contribution is -2.42. The van der Waals surface area contributed by atoms with Crippen LogP contribution >= 0.6 is 11.3 Å². The van der Waals surface area contributed by atoms with Gasteiger partial charge in [0.25, 0.3) is 0 Å². The summed E-state index contributed by atoms with van der Waals surface area (Å²) >= 11 is 1.47. The Labute approximate surface area is 173 Å². The van der Waals surface area contributed by atoms with Crippen molar-refractivity contribution in [3.8, 4) is 0 Å². The van der Waals surface area contributed by atoms with Crippen molar-refractivity contribution in [2.24, 2.45) is 5.92 Å². The number of amides is 1. The number of tetrazole rings is 1. The van der Waals surface area contributed by atoms with E-state index in [1.807, 2.05) is 22.4 Å². The van der Waals surface area contributed by atoms with E-state index in [9.17, 15) is 9.59 Å². The van der Waals surface area contributed by atoms with Crippen molar-refractivity contribution in [3.05, 3.63) is 28.2 Å².